The molecule has 0 heterocycles. The summed E-state index contributed by atoms with van der Waals surface area (Å²) in [7, 11) is 0. The molecule has 154 valence electrons. The monoisotopic (exact) mass is 409 g/mol. The molecule has 2 amide bonds. The molecule has 0 saturated heterocycles. The van der Waals surface area contributed by atoms with Gasteiger partial charge in [-0.05, 0) is 51.1 Å². The lowest BCUT2D eigenvalue weighted by atomic mass is 10.0. The second-order valence-electron chi connectivity index (χ2n) is 7.22. The highest BCUT2D eigenvalue weighted by molar-refractivity contribution is 6.09. The van der Waals surface area contributed by atoms with Crippen LogP contribution < -0.4 is 10.6 Å². The van der Waals surface area contributed by atoms with Gasteiger partial charge in [-0.3, -0.25) is 19.7 Å². The molecule has 0 unspecified atom stereocenters. The summed E-state index contributed by atoms with van der Waals surface area (Å²) in [6.07, 6.45) is -4.67. The van der Waals surface area contributed by atoms with Gasteiger partial charge in [0.2, 0.25) is 0 Å². The van der Waals surface area contributed by atoms with Crippen LogP contribution in [0.4, 0.5) is 24.5 Å². The van der Waals surface area contributed by atoms with E-state index in [1.807, 2.05) is 0 Å². The summed E-state index contributed by atoms with van der Waals surface area (Å²) < 4.78 is 39.2. The van der Waals surface area contributed by atoms with Crippen molar-refractivity contribution in [2.75, 3.05) is 5.32 Å². The van der Waals surface area contributed by atoms with Gasteiger partial charge in [-0.1, -0.05) is 0 Å². The SMILES string of the molecule is CC(C)(C)NC(=O)c1ccc(C(F)(F)F)cc1NC(=O)c1ccc([N+](=O)[O-])cc1. The fourth-order valence-electron chi connectivity index (χ4n) is 2.36. The molecule has 0 aliphatic carbocycles. The third kappa shape index (κ3) is 5.77. The van der Waals surface area contributed by atoms with Crippen LogP contribution in [0, 0.1) is 10.1 Å². The molecular weight excluding hydrogens is 391 g/mol. The van der Waals surface area contributed by atoms with Crippen LogP contribution in [0.15, 0.2) is 42.5 Å². The van der Waals surface area contributed by atoms with Crippen LogP contribution in [0.3, 0.4) is 0 Å². The maximum absolute atomic E-state index is 13.1. The summed E-state index contributed by atoms with van der Waals surface area (Å²) in [4.78, 5) is 34.9. The molecule has 0 spiro atoms. The number of rotatable bonds is 4. The molecule has 7 nitrogen and oxygen atoms in total. The quantitative estimate of drug-likeness (QED) is 0.577. The lowest BCUT2D eigenvalue weighted by Crippen LogP contribution is -2.41. The van der Waals surface area contributed by atoms with E-state index >= 15 is 0 Å². The lowest BCUT2D eigenvalue weighted by Gasteiger charge is -2.22. The van der Waals surface area contributed by atoms with Crippen molar-refractivity contribution in [2.45, 2.75) is 32.5 Å². The van der Waals surface area contributed by atoms with Crippen molar-refractivity contribution < 1.29 is 27.7 Å². The normalized spacial score (nSPS) is 11.7. The van der Waals surface area contributed by atoms with E-state index in [4.69, 9.17) is 0 Å². The molecule has 2 rings (SSSR count). The standard InChI is InChI=1S/C19H18F3N3O4/c1-18(2,3)24-17(27)14-9-6-12(19(20,21)22)10-15(14)23-16(26)11-4-7-13(8-5-11)25(28)29/h4-10H,1-3H3,(H,23,26)(H,24,27). The highest BCUT2D eigenvalue weighted by Gasteiger charge is 2.32. The van der Waals surface area contributed by atoms with E-state index in [2.05, 4.69) is 10.6 Å². The number of nitrogens with one attached hydrogen (secondary N) is 2. The van der Waals surface area contributed by atoms with Gasteiger partial charge in [0.25, 0.3) is 17.5 Å². The molecule has 0 fully saturated rings. The van der Waals surface area contributed by atoms with E-state index in [-0.39, 0.29) is 22.5 Å². The van der Waals surface area contributed by atoms with Gasteiger partial charge in [0, 0.05) is 23.2 Å². The Morgan fingerprint density at radius 2 is 1.55 bits per heavy atom. The number of nitrogens with zero attached hydrogens (tertiary/aromatic N) is 1. The number of amides is 2. The first-order valence-electron chi connectivity index (χ1n) is 8.37. The van der Waals surface area contributed by atoms with E-state index in [0.29, 0.717) is 6.07 Å². The van der Waals surface area contributed by atoms with E-state index in [9.17, 15) is 32.9 Å². The summed E-state index contributed by atoms with van der Waals surface area (Å²) in [6.45, 7) is 5.10. The zero-order chi connectivity index (χ0) is 22.0. The van der Waals surface area contributed by atoms with Crippen LogP contribution >= 0.6 is 0 Å². The molecule has 0 atom stereocenters. The zero-order valence-electron chi connectivity index (χ0n) is 15.8. The molecule has 0 aliphatic rings. The Bertz CT molecular complexity index is 949. The molecular formula is C19H18F3N3O4. The first-order chi connectivity index (χ1) is 13.3. The molecule has 0 bridgehead atoms. The van der Waals surface area contributed by atoms with Crippen LogP contribution in [-0.2, 0) is 6.18 Å². The van der Waals surface area contributed by atoms with Crippen LogP contribution in [-0.4, -0.2) is 22.3 Å². The summed E-state index contributed by atoms with van der Waals surface area (Å²) in [5.41, 5.74) is -2.43. The largest absolute Gasteiger partial charge is 0.416 e. The van der Waals surface area contributed by atoms with E-state index in [1.165, 1.54) is 0 Å². The van der Waals surface area contributed by atoms with Gasteiger partial charge in [-0.25, -0.2) is 0 Å². The summed E-state index contributed by atoms with van der Waals surface area (Å²) >= 11 is 0. The first-order valence-corrected chi connectivity index (χ1v) is 8.37. The third-order valence-electron chi connectivity index (χ3n) is 3.67. The van der Waals surface area contributed by atoms with Gasteiger partial charge in [-0.2, -0.15) is 13.2 Å². The maximum atomic E-state index is 13.1. The van der Waals surface area contributed by atoms with Gasteiger partial charge in [0.1, 0.15) is 0 Å². The van der Waals surface area contributed by atoms with Crippen molar-refractivity contribution in [2.24, 2.45) is 0 Å². The first kappa shape index (κ1) is 21.9. The summed E-state index contributed by atoms with van der Waals surface area (Å²) in [5.74, 6) is -1.48. The van der Waals surface area contributed by atoms with Gasteiger partial charge < -0.3 is 10.6 Å². The van der Waals surface area contributed by atoms with Crippen LogP contribution in [0.25, 0.3) is 0 Å². The Hall–Kier alpha value is -3.43. The maximum Gasteiger partial charge on any atom is 0.416 e. The number of nitro groups is 1. The number of hydrogen-bond acceptors (Lipinski definition) is 4. The molecule has 0 aliphatic heterocycles. The van der Waals surface area contributed by atoms with Crippen LogP contribution in [0.5, 0.6) is 0 Å². The Balaban J connectivity index is 2.40. The van der Waals surface area contributed by atoms with E-state index in [0.717, 1.165) is 36.4 Å². The number of nitro benzene ring substituents is 1. The third-order valence-corrected chi connectivity index (χ3v) is 3.67. The fourth-order valence-corrected chi connectivity index (χ4v) is 2.36. The Morgan fingerprint density at radius 3 is 2.03 bits per heavy atom. The Labute approximate surface area is 164 Å². The number of non-ortho nitro benzene ring substituents is 1. The molecule has 2 aromatic carbocycles. The number of anilines is 1. The van der Waals surface area contributed by atoms with Gasteiger partial charge in [0.15, 0.2) is 0 Å². The highest BCUT2D eigenvalue weighted by Crippen LogP contribution is 2.32. The Morgan fingerprint density at radius 1 is 0.966 bits per heavy atom. The molecule has 0 aromatic heterocycles. The average Bonchev–Trinajstić information content (AvgIpc) is 2.59. The molecule has 2 N–H and O–H groups in total. The van der Waals surface area contributed by atoms with Crippen molar-refractivity contribution in [3.05, 3.63) is 69.3 Å². The minimum Gasteiger partial charge on any atom is -0.347 e. The topological polar surface area (TPSA) is 101 Å². The summed E-state index contributed by atoms with van der Waals surface area (Å²) in [5, 5.41) is 15.6. The predicted molar refractivity (Wildman–Crippen MR) is 99.7 cm³/mol. The van der Waals surface area contributed by atoms with Gasteiger partial charge >= 0.3 is 6.18 Å². The van der Waals surface area contributed by atoms with E-state index in [1.54, 1.807) is 20.8 Å². The van der Waals surface area contributed by atoms with Crippen molar-refractivity contribution in [3.63, 3.8) is 0 Å². The minimum absolute atomic E-state index is 0.0183. The second-order valence-corrected chi connectivity index (χ2v) is 7.22. The number of alkyl halides is 3. The lowest BCUT2D eigenvalue weighted by molar-refractivity contribution is -0.384. The average molecular weight is 409 g/mol. The summed E-state index contributed by atoms with van der Waals surface area (Å²) in [6, 6.07) is 6.91. The minimum atomic E-state index is -4.67. The fraction of sp³-hybridized carbons (Fsp3) is 0.263. The predicted octanol–water partition coefficient (Wildman–Crippen LogP) is 4.39. The number of hydrogen-bond donors (Lipinski definition) is 2. The van der Waals surface area contributed by atoms with Crippen LogP contribution in [0.1, 0.15) is 47.1 Å². The van der Waals surface area contributed by atoms with Crippen molar-refractivity contribution in [3.8, 4) is 0 Å². The van der Waals surface area contributed by atoms with Crippen LogP contribution in [0.2, 0.25) is 0 Å². The Kier molecular flexibility index (Phi) is 5.96. The van der Waals surface area contributed by atoms with Crippen molar-refractivity contribution in [1.29, 1.82) is 0 Å². The highest BCUT2D eigenvalue weighted by atomic mass is 19.4. The smallest absolute Gasteiger partial charge is 0.347 e. The van der Waals surface area contributed by atoms with Gasteiger partial charge in [-0.15, -0.1) is 0 Å². The molecule has 2 aromatic rings. The number of halogens is 3. The van der Waals surface area contributed by atoms with Gasteiger partial charge in [0.05, 0.1) is 21.7 Å². The molecule has 0 saturated carbocycles. The molecule has 29 heavy (non-hydrogen) atoms. The second kappa shape index (κ2) is 7.90. The zero-order valence-corrected chi connectivity index (χ0v) is 15.8. The molecule has 0 radical (unpaired) electrons. The van der Waals surface area contributed by atoms with E-state index < -0.39 is 34.0 Å². The number of benzene rings is 2. The molecule has 10 heteroatoms. The number of carbonyl (C=O) groups excluding carboxylic acids is 2. The number of carbonyl (C=O) groups is 2. The van der Waals surface area contributed by atoms with Crippen molar-refractivity contribution in [1.82, 2.24) is 5.32 Å². The van der Waals surface area contributed by atoms with Crippen molar-refractivity contribution >= 4 is 23.2 Å².